The fourth-order valence-electron chi connectivity index (χ4n) is 2.46. The number of benzene rings is 1. The van der Waals surface area contributed by atoms with Crippen LogP contribution in [-0.4, -0.2) is 24.5 Å². The van der Waals surface area contributed by atoms with Crippen molar-refractivity contribution >= 4 is 32.7 Å². The number of anilines is 1. The molecule has 2 aromatic rings. The second-order valence-electron chi connectivity index (χ2n) is 4.84. The maximum Gasteiger partial charge on any atom is 0.243 e. The molecule has 3 rings (SSSR count). The number of alkyl halides is 2. The lowest BCUT2D eigenvalue weighted by molar-refractivity contribution is 0.0880. The van der Waals surface area contributed by atoms with Gasteiger partial charge in [0.15, 0.2) is 0 Å². The van der Waals surface area contributed by atoms with Gasteiger partial charge in [-0.25, -0.2) is 13.8 Å². The van der Waals surface area contributed by atoms with Gasteiger partial charge in [-0.1, -0.05) is 22.0 Å². The lowest BCUT2D eigenvalue weighted by Gasteiger charge is -2.17. The molecule has 0 amide bonds. The smallest absolute Gasteiger partial charge is 0.243 e. The van der Waals surface area contributed by atoms with E-state index < -0.39 is 12.3 Å². The first-order valence-corrected chi connectivity index (χ1v) is 7.02. The zero-order valence-electron chi connectivity index (χ0n) is 10.2. The number of nitrogens with zero attached hydrogens (tertiary/aromatic N) is 2. The summed E-state index contributed by atoms with van der Waals surface area (Å²) in [5.41, 5.74) is 0.882. The maximum atomic E-state index is 12.7. The lowest BCUT2D eigenvalue weighted by Crippen LogP contribution is -2.22. The van der Waals surface area contributed by atoms with Crippen LogP contribution in [0.1, 0.15) is 6.42 Å². The van der Waals surface area contributed by atoms with Gasteiger partial charge in [0.25, 0.3) is 0 Å². The molecule has 1 aromatic heterocycles. The van der Waals surface area contributed by atoms with Crippen molar-refractivity contribution in [2.75, 3.05) is 18.0 Å². The molecule has 0 radical (unpaired) electrons. The Kier molecular flexibility index (Phi) is 3.39. The second-order valence-corrected chi connectivity index (χ2v) is 5.75. The highest BCUT2D eigenvalue weighted by molar-refractivity contribution is 9.10. The molecule has 19 heavy (non-hydrogen) atoms. The van der Waals surface area contributed by atoms with E-state index in [0.29, 0.717) is 19.5 Å². The summed E-state index contributed by atoms with van der Waals surface area (Å²) in [6, 6.07) is 9.79. The number of pyridine rings is 1. The fraction of sp³-hybridized carbons (Fsp3) is 0.357. The number of hydrogen-bond acceptors (Lipinski definition) is 2. The number of hydrogen-bond donors (Lipinski definition) is 0. The molecule has 1 fully saturated rings. The van der Waals surface area contributed by atoms with Crippen molar-refractivity contribution in [2.45, 2.75) is 12.8 Å². The number of rotatable bonds is 2. The van der Waals surface area contributed by atoms with Gasteiger partial charge in [-0.3, -0.25) is 0 Å². The molecule has 1 unspecified atom stereocenters. The molecule has 2 nitrogen and oxygen atoms in total. The summed E-state index contributed by atoms with van der Waals surface area (Å²) in [5, 5.41) is 1.05. The van der Waals surface area contributed by atoms with E-state index in [-0.39, 0.29) is 0 Å². The van der Waals surface area contributed by atoms with E-state index in [9.17, 15) is 8.78 Å². The maximum absolute atomic E-state index is 12.7. The quantitative estimate of drug-likeness (QED) is 0.826. The first-order chi connectivity index (χ1) is 9.13. The number of fused-ring (bicyclic) bond motifs is 1. The van der Waals surface area contributed by atoms with Crippen LogP contribution in [-0.2, 0) is 0 Å². The van der Waals surface area contributed by atoms with Gasteiger partial charge in [0.05, 0.1) is 5.52 Å². The molecule has 0 N–H and O–H groups in total. The van der Waals surface area contributed by atoms with Crippen molar-refractivity contribution in [3.05, 3.63) is 34.8 Å². The average molecular weight is 327 g/mol. The Morgan fingerprint density at radius 3 is 2.79 bits per heavy atom. The fourth-order valence-corrected chi connectivity index (χ4v) is 2.81. The third-order valence-corrected chi connectivity index (χ3v) is 4.04. The second kappa shape index (κ2) is 5.04. The van der Waals surface area contributed by atoms with Crippen molar-refractivity contribution in [2.24, 2.45) is 5.92 Å². The van der Waals surface area contributed by atoms with Crippen molar-refractivity contribution < 1.29 is 8.78 Å². The van der Waals surface area contributed by atoms with Crippen molar-refractivity contribution in [1.29, 1.82) is 0 Å². The minimum absolute atomic E-state index is 0.393. The van der Waals surface area contributed by atoms with Crippen LogP contribution >= 0.6 is 15.9 Å². The Labute approximate surface area is 118 Å². The summed E-state index contributed by atoms with van der Waals surface area (Å²) in [6.07, 6.45) is -1.70. The summed E-state index contributed by atoms with van der Waals surface area (Å²) in [5.74, 6) is 0.258. The van der Waals surface area contributed by atoms with Gasteiger partial charge < -0.3 is 4.90 Å². The van der Waals surface area contributed by atoms with Gasteiger partial charge in [0, 0.05) is 28.9 Å². The molecule has 1 saturated heterocycles. The largest absolute Gasteiger partial charge is 0.356 e. The predicted octanol–water partition coefficient (Wildman–Crippen LogP) is 4.09. The van der Waals surface area contributed by atoms with Gasteiger partial charge in [-0.2, -0.15) is 0 Å². The van der Waals surface area contributed by atoms with Gasteiger partial charge in [-0.05, 0) is 30.7 Å². The van der Waals surface area contributed by atoms with Gasteiger partial charge in [-0.15, -0.1) is 0 Å². The van der Waals surface area contributed by atoms with Crippen LogP contribution in [0.25, 0.3) is 10.9 Å². The van der Waals surface area contributed by atoms with Crippen LogP contribution in [0.4, 0.5) is 14.6 Å². The molecule has 0 spiro atoms. The normalized spacial score (nSPS) is 19.6. The lowest BCUT2D eigenvalue weighted by atomic mass is 10.1. The summed E-state index contributed by atoms with van der Waals surface area (Å²) < 4.78 is 26.3. The first-order valence-electron chi connectivity index (χ1n) is 6.23. The van der Waals surface area contributed by atoms with E-state index in [0.717, 1.165) is 21.2 Å². The number of aromatic nitrogens is 1. The van der Waals surface area contributed by atoms with Crippen LogP contribution in [0.3, 0.4) is 0 Å². The third-order valence-electron chi connectivity index (χ3n) is 3.54. The van der Waals surface area contributed by atoms with E-state index in [4.69, 9.17) is 0 Å². The standard InChI is InChI=1S/C14H13BrF2N2/c15-11-3-1-9-2-4-13(18-12(9)7-11)19-6-5-10(8-19)14(16)17/h1-4,7,10,14H,5-6,8H2. The molecule has 0 saturated carbocycles. The molecule has 100 valence electrons. The highest BCUT2D eigenvalue weighted by Gasteiger charge is 2.30. The minimum Gasteiger partial charge on any atom is -0.356 e. The topological polar surface area (TPSA) is 16.1 Å². The molecule has 1 atom stereocenters. The summed E-state index contributed by atoms with van der Waals surface area (Å²) in [7, 11) is 0. The van der Waals surface area contributed by atoms with Crippen LogP contribution in [0.2, 0.25) is 0 Å². The molecule has 1 aliphatic heterocycles. The molecule has 0 bridgehead atoms. The Hall–Kier alpha value is -1.23. The Morgan fingerprint density at radius 2 is 2.05 bits per heavy atom. The molecule has 2 heterocycles. The summed E-state index contributed by atoms with van der Waals surface area (Å²) in [6.45, 7) is 1.05. The minimum atomic E-state index is -2.24. The van der Waals surface area contributed by atoms with E-state index >= 15 is 0 Å². The van der Waals surface area contributed by atoms with Crippen LogP contribution in [0.5, 0.6) is 0 Å². The molecular formula is C14H13BrF2N2. The average Bonchev–Trinajstić information content (AvgIpc) is 2.87. The van der Waals surface area contributed by atoms with Gasteiger partial charge in [0.2, 0.25) is 6.43 Å². The monoisotopic (exact) mass is 326 g/mol. The van der Waals surface area contributed by atoms with Crippen molar-refractivity contribution in [3.8, 4) is 0 Å². The highest BCUT2D eigenvalue weighted by atomic mass is 79.9. The zero-order chi connectivity index (χ0) is 13.4. The van der Waals surface area contributed by atoms with Crippen LogP contribution < -0.4 is 4.90 Å². The van der Waals surface area contributed by atoms with Crippen LogP contribution in [0.15, 0.2) is 34.8 Å². The Morgan fingerprint density at radius 1 is 1.26 bits per heavy atom. The van der Waals surface area contributed by atoms with Crippen molar-refractivity contribution in [3.63, 3.8) is 0 Å². The molecule has 1 aliphatic rings. The van der Waals surface area contributed by atoms with E-state index in [1.165, 1.54) is 0 Å². The Balaban J connectivity index is 1.89. The molecule has 0 aliphatic carbocycles. The third kappa shape index (κ3) is 2.56. The molecule has 5 heteroatoms. The van der Waals surface area contributed by atoms with Gasteiger partial charge >= 0.3 is 0 Å². The predicted molar refractivity (Wildman–Crippen MR) is 75.8 cm³/mol. The van der Waals surface area contributed by atoms with Crippen molar-refractivity contribution in [1.82, 2.24) is 4.98 Å². The zero-order valence-corrected chi connectivity index (χ0v) is 11.8. The number of halogens is 3. The summed E-state index contributed by atoms with van der Waals surface area (Å²) >= 11 is 3.42. The van der Waals surface area contributed by atoms with E-state index in [1.54, 1.807) is 0 Å². The van der Waals surface area contributed by atoms with E-state index in [1.807, 2.05) is 35.2 Å². The summed E-state index contributed by atoms with van der Waals surface area (Å²) in [4.78, 5) is 6.50. The Bertz CT molecular complexity index is 603. The molecular weight excluding hydrogens is 314 g/mol. The van der Waals surface area contributed by atoms with Crippen LogP contribution in [0, 0.1) is 5.92 Å². The first kappa shape index (κ1) is 12.8. The van der Waals surface area contributed by atoms with E-state index in [2.05, 4.69) is 20.9 Å². The SMILES string of the molecule is FC(F)C1CCN(c2ccc3ccc(Br)cc3n2)C1. The van der Waals surface area contributed by atoms with Gasteiger partial charge in [0.1, 0.15) is 5.82 Å². The molecule has 1 aromatic carbocycles. The highest BCUT2D eigenvalue weighted by Crippen LogP contribution is 2.28.